The molecule has 1 unspecified atom stereocenters. The molecule has 0 saturated heterocycles. The second-order valence-corrected chi connectivity index (χ2v) is 1.96. The second-order valence-electron chi connectivity index (χ2n) is 1.96. The molecule has 0 amide bonds. The minimum absolute atomic E-state index is 0.153. The van der Waals surface area contributed by atoms with Crippen LogP contribution < -0.4 is 0 Å². The van der Waals surface area contributed by atoms with Crippen LogP contribution in [0.2, 0.25) is 0 Å². The fraction of sp³-hybridized carbons (Fsp3) is 0.800. The number of hydrogen-bond acceptors (Lipinski definition) is 6. The largest absolute Gasteiger partial charge is 0.468 e. The van der Waals surface area contributed by atoms with Crippen LogP contribution in [0.4, 0.5) is 0 Å². The van der Waals surface area contributed by atoms with Crippen LogP contribution in [0, 0.1) is 0 Å². The Morgan fingerprint density at radius 1 is 1.45 bits per heavy atom. The molecule has 6 nitrogen and oxygen atoms in total. The molecule has 4 N–H and O–H groups in total. The van der Waals surface area contributed by atoms with Gasteiger partial charge in [0, 0.05) is 6.42 Å². The first kappa shape index (κ1) is 10.3. The highest BCUT2D eigenvalue weighted by Crippen LogP contribution is 2.05. The maximum atomic E-state index is 9.54. The van der Waals surface area contributed by atoms with Gasteiger partial charge in [-0.1, -0.05) is 0 Å². The summed E-state index contributed by atoms with van der Waals surface area (Å²) in [6, 6.07) is 0. The van der Waals surface area contributed by atoms with Crippen LogP contribution in [0.5, 0.6) is 0 Å². The number of rotatable bonds is 5. The SMILES string of the molecule is O=COCCC(O)C(O)(O)O. The van der Waals surface area contributed by atoms with Gasteiger partial charge >= 0.3 is 5.97 Å². The number of aliphatic hydroxyl groups is 4. The van der Waals surface area contributed by atoms with E-state index in [4.69, 9.17) is 20.4 Å². The standard InChI is InChI=1S/C5H10O6/c6-3-11-2-1-4(7)5(8,9)10/h3-4,7-10H,1-2H2. The first-order valence-electron chi connectivity index (χ1n) is 2.89. The predicted molar refractivity (Wildman–Crippen MR) is 32.0 cm³/mol. The minimum Gasteiger partial charge on any atom is -0.468 e. The van der Waals surface area contributed by atoms with Gasteiger partial charge in [0.1, 0.15) is 6.10 Å². The van der Waals surface area contributed by atoms with Crippen molar-refractivity contribution < 1.29 is 30.0 Å². The first-order chi connectivity index (χ1) is 4.98. The van der Waals surface area contributed by atoms with Crippen LogP contribution in [-0.4, -0.2) is 45.6 Å². The highest BCUT2D eigenvalue weighted by Gasteiger charge is 2.29. The maximum Gasteiger partial charge on any atom is 0.303 e. The number of carbonyl (C=O) groups excluding carboxylic acids is 1. The molecule has 0 radical (unpaired) electrons. The van der Waals surface area contributed by atoms with E-state index in [0.29, 0.717) is 0 Å². The molecule has 0 spiro atoms. The van der Waals surface area contributed by atoms with Crippen molar-refractivity contribution in [3.8, 4) is 0 Å². The smallest absolute Gasteiger partial charge is 0.303 e. The lowest BCUT2D eigenvalue weighted by atomic mass is 10.2. The number of aliphatic hydroxyl groups excluding tert-OH is 1. The summed E-state index contributed by atoms with van der Waals surface area (Å²) in [6.45, 7) is -0.0331. The molecule has 0 fully saturated rings. The molecule has 0 aromatic heterocycles. The van der Waals surface area contributed by atoms with Gasteiger partial charge in [-0.05, 0) is 0 Å². The Morgan fingerprint density at radius 3 is 2.36 bits per heavy atom. The zero-order valence-corrected chi connectivity index (χ0v) is 5.67. The van der Waals surface area contributed by atoms with E-state index in [1.54, 1.807) is 0 Å². The van der Waals surface area contributed by atoms with E-state index in [1.807, 2.05) is 0 Å². The molecule has 1 atom stereocenters. The van der Waals surface area contributed by atoms with Gasteiger partial charge in [-0.2, -0.15) is 0 Å². The molecular weight excluding hydrogens is 156 g/mol. The highest BCUT2D eigenvalue weighted by molar-refractivity contribution is 5.36. The van der Waals surface area contributed by atoms with Crippen molar-refractivity contribution in [2.45, 2.75) is 18.5 Å². The first-order valence-corrected chi connectivity index (χ1v) is 2.89. The normalized spacial score (nSPS) is 14.2. The third-order valence-corrected chi connectivity index (χ3v) is 1.02. The average Bonchev–Trinajstić information content (AvgIpc) is 1.86. The Labute approximate surface area is 62.7 Å². The Kier molecular flexibility index (Phi) is 3.98. The highest BCUT2D eigenvalue weighted by atomic mass is 16.7. The van der Waals surface area contributed by atoms with Crippen LogP contribution in [-0.2, 0) is 9.53 Å². The molecule has 0 heterocycles. The zero-order valence-electron chi connectivity index (χ0n) is 5.67. The van der Waals surface area contributed by atoms with Crippen molar-refractivity contribution in [3.05, 3.63) is 0 Å². The van der Waals surface area contributed by atoms with E-state index in [-0.39, 0.29) is 19.5 Å². The number of carbonyl (C=O) groups is 1. The summed E-state index contributed by atoms with van der Waals surface area (Å²) in [7, 11) is 0. The zero-order chi connectivity index (χ0) is 8.91. The van der Waals surface area contributed by atoms with Gasteiger partial charge < -0.3 is 25.2 Å². The van der Waals surface area contributed by atoms with Crippen molar-refractivity contribution in [3.63, 3.8) is 0 Å². The molecule has 0 aromatic rings. The summed E-state index contributed by atoms with van der Waals surface area (Å²) in [5.74, 6) is -3.13. The molecule has 0 saturated carbocycles. The molecule has 0 aliphatic rings. The van der Waals surface area contributed by atoms with Crippen LogP contribution in [0.3, 0.4) is 0 Å². The molecule has 0 aliphatic carbocycles. The van der Waals surface area contributed by atoms with Gasteiger partial charge in [0.25, 0.3) is 6.47 Å². The third-order valence-electron chi connectivity index (χ3n) is 1.02. The topological polar surface area (TPSA) is 107 Å². The number of ether oxygens (including phenoxy) is 1. The van der Waals surface area contributed by atoms with Gasteiger partial charge in [0.05, 0.1) is 6.61 Å². The van der Waals surface area contributed by atoms with Crippen molar-refractivity contribution in [1.82, 2.24) is 0 Å². The molecule has 0 bridgehead atoms. The summed E-state index contributed by atoms with van der Waals surface area (Å²) in [5.41, 5.74) is 0. The van der Waals surface area contributed by atoms with Crippen molar-refractivity contribution in [2.24, 2.45) is 0 Å². The van der Waals surface area contributed by atoms with Crippen LogP contribution in [0.25, 0.3) is 0 Å². The summed E-state index contributed by atoms with van der Waals surface area (Å²) in [4.78, 5) is 9.54. The van der Waals surface area contributed by atoms with E-state index in [2.05, 4.69) is 4.74 Å². The molecular formula is C5H10O6. The molecule has 0 aliphatic heterocycles. The monoisotopic (exact) mass is 166 g/mol. The summed E-state index contributed by atoms with van der Waals surface area (Å²) < 4.78 is 4.13. The Hall–Kier alpha value is -0.690. The summed E-state index contributed by atoms with van der Waals surface area (Å²) in [5, 5.41) is 33.6. The van der Waals surface area contributed by atoms with E-state index in [1.165, 1.54) is 0 Å². The van der Waals surface area contributed by atoms with Gasteiger partial charge in [0.15, 0.2) is 0 Å². The molecule has 11 heavy (non-hydrogen) atoms. The van der Waals surface area contributed by atoms with Crippen molar-refractivity contribution >= 4 is 6.47 Å². The Morgan fingerprint density at radius 2 is 2.00 bits per heavy atom. The lowest BCUT2D eigenvalue weighted by Crippen LogP contribution is -2.42. The third kappa shape index (κ3) is 4.68. The van der Waals surface area contributed by atoms with Crippen molar-refractivity contribution in [2.75, 3.05) is 6.61 Å². The fourth-order valence-corrected chi connectivity index (χ4v) is 0.421. The Balaban J connectivity index is 3.52. The second kappa shape index (κ2) is 4.24. The van der Waals surface area contributed by atoms with E-state index in [9.17, 15) is 4.79 Å². The van der Waals surface area contributed by atoms with Gasteiger partial charge in [0.2, 0.25) is 0 Å². The molecule has 66 valence electrons. The van der Waals surface area contributed by atoms with E-state index < -0.39 is 12.1 Å². The van der Waals surface area contributed by atoms with Crippen molar-refractivity contribution in [1.29, 1.82) is 0 Å². The van der Waals surface area contributed by atoms with Crippen LogP contribution in [0.1, 0.15) is 6.42 Å². The molecule has 6 heteroatoms. The van der Waals surface area contributed by atoms with Crippen LogP contribution in [0.15, 0.2) is 0 Å². The van der Waals surface area contributed by atoms with Gasteiger partial charge in [-0.3, -0.25) is 4.79 Å². The summed E-state index contributed by atoms with van der Waals surface area (Å²) >= 11 is 0. The Bertz CT molecular complexity index is 117. The van der Waals surface area contributed by atoms with Gasteiger partial charge in [-0.15, -0.1) is 0 Å². The lowest BCUT2D eigenvalue weighted by Gasteiger charge is -2.19. The fourth-order valence-electron chi connectivity index (χ4n) is 0.421. The lowest BCUT2D eigenvalue weighted by molar-refractivity contribution is -0.356. The maximum absolute atomic E-state index is 9.54. The van der Waals surface area contributed by atoms with E-state index >= 15 is 0 Å². The van der Waals surface area contributed by atoms with Gasteiger partial charge in [-0.25, -0.2) is 0 Å². The molecule has 0 rings (SSSR count). The van der Waals surface area contributed by atoms with E-state index in [0.717, 1.165) is 0 Å². The predicted octanol–water partition coefficient (Wildman–Crippen LogP) is -2.46. The number of hydrogen-bond donors (Lipinski definition) is 4. The average molecular weight is 166 g/mol. The molecule has 0 aromatic carbocycles. The van der Waals surface area contributed by atoms with Crippen LogP contribution >= 0.6 is 0 Å². The quantitative estimate of drug-likeness (QED) is 0.205. The summed E-state index contributed by atoms with van der Waals surface area (Å²) in [6.07, 6.45) is -2.00. The minimum atomic E-state index is -3.13.